The summed E-state index contributed by atoms with van der Waals surface area (Å²) < 4.78 is 0.942. The maximum Gasteiger partial charge on any atom is 0.246 e. The zero-order chi connectivity index (χ0) is 19.1. The second-order valence-electron chi connectivity index (χ2n) is 6.97. The fourth-order valence-corrected chi connectivity index (χ4v) is 5.41. The molecular weight excluding hydrogens is 418 g/mol. The fraction of sp³-hybridized carbons (Fsp3) is 0.500. The van der Waals surface area contributed by atoms with Crippen molar-refractivity contribution in [3.63, 3.8) is 0 Å². The molecule has 1 aromatic carbocycles. The molecule has 0 bridgehead atoms. The molecule has 2 aliphatic heterocycles. The number of carbonyl (C=O) groups excluding carboxylic acids is 3. The van der Waals surface area contributed by atoms with Crippen LogP contribution in [0, 0.1) is 6.92 Å². The van der Waals surface area contributed by atoms with Crippen LogP contribution in [-0.2, 0) is 14.4 Å². The number of nitrogens with zero attached hydrogens (tertiary/aromatic N) is 2. The number of hydrogen-bond donors (Lipinski definition) is 1. The molecular formula is C18H22BrN3O3S. The van der Waals surface area contributed by atoms with E-state index in [4.69, 9.17) is 0 Å². The lowest BCUT2D eigenvalue weighted by molar-refractivity contribution is -0.143. The van der Waals surface area contributed by atoms with Crippen molar-refractivity contribution < 1.29 is 14.4 Å². The molecule has 6 nitrogen and oxygen atoms in total. The van der Waals surface area contributed by atoms with Gasteiger partial charge in [-0.2, -0.15) is 0 Å². The SMILES string of the molecule is Cc1cc(Br)ccc1NC(=O)CN(C)C(=O)[C@@H]1CS[C@]2(C)CCC(=O)N12. The number of thioether (sulfide) groups is 1. The molecule has 0 aliphatic carbocycles. The molecule has 2 aliphatic rings. The number of anilines is 1. The minimum absolute atomic E-state index is 0.0270. The van der Waals surface area contributed by atoms with Crippen molar-refractivity contribution in [2.24, 2.45) is 0 Å². The largest absolute Gasteiger partial charge is 0.335 e. The molecule has 1 N–H and O–H groups in total. The summed E-state index contributed by atoms with van der Waals surface area (Å²) in [7, 11) is 1.61. The number of carbonyl (C=O) groups is 3. The number of halogens is 1. The second kappa shape index (κ2) is 7.23. The third-order valence-electron chi connectivity index (χ3n) is 4.95. The van der Waals surface area contributed by atoms with Crippen LogP contribution in [0.25, 0.3) is 0 Å². The van der Waals surface area contributed by atoms with Gasteiger partial charge in [-0.3, -0.25) is 14.4 Å². The Bertz CT molecular complexity index is 772. The highest BCUT2D eigenvalue weighted by atomic mass is 79.9. The first-order chi connectivity index (χ1) is 12.2. The number of rotatable bonds is 4. The molecule has 0 unspecified atom stereocenters. The van der Waals surface area contributed by atoms with E-state index in [1.165, 1.54) is 4.90 Å². The quantitative estimate of drug-likeness (QED) is 0.782. The van der Waals surface area contributed by atoms with E-state index in [0.717, 1.165) is 22.1 Å². The van der Waals surface area contributed by atoms with E-state index in [0.29, 0.717) is 12.2 Å². The molecule has 3 rings (SSSR count). The Kier molecular flexibility index (Phi) is 5.35. The monoisotopic (exact) mass is 439 g/mol. The van der Waals surface area contributed by atoms with E-state index < -0.39 is 6.04 Å². The zero-order valence-corrected chi connectivity index (χ0v) is 17.4. The molecule has 26 heavy (non-hydrogen) atoms. The van der Waals surface area contributed by atoms with Gasteiger partial charge in [0.1, 0.15) is 6.04 Å². The average molecular weight is 440 g/mol. The van der Waals surface area contributed by atoms with Gasteiger partial charge in [-0.1, -0.05) is 15.9 Å². The average Bonchev–Trinajstić information content (AvgIpc) is 3.06. The lowest BCUT2D eigenvalue weighted by atomic mass is 10.2. The summed E-state index contributed by atoms with van der Waals surface area (Å²) in [6, 6.07) is 5.11. The van der Waals surface area contributed by atoms with Gasteiger partial charge in [0.15, 0.2) is 0 Å². The molecule has 0 aromatic heterocycles. The molecule has 2 atom stereocenters. The zero-order valence-electron chi connectivity index (χ0n) is 15.0. The van der Waals surface area contributed by atoms with Crippen LogP contribution in [0.3, 0.4) is 0 Å². The van der Waals surface area contributed by atoms with E-state index in [-0.39, 0.29) is 29.1 Å². The van der Waals surface area contributed by atoms with Gasteiger partial charge in [0, 0.05) is 29.4 Å². The van der Waals surface area contributed by atoms with Gasteiger partial charge in [0.2, 0.25) is 17.7 Å². The highest BCUT2D eigenvalue weighted by Crippen LogP contribution is 2.47. The van der Waals surface area contributed by atoms with E-state index in [1.807, 2.05) is 32.0 Å². The Balaban J connectivity index is 1.62. The Morgan fingerprint density at radius 2 is 2.19 bits per heavy atom. The van der Waals surface area contributed by atoms with Crippen molar-refractivity contribution in [1.82, 2.24) is 9.80 Å². The van der Waals surface area contributed by atoms with E-state index in [2.05, 4.69) is 21.2 Å². The Hall–Kier alpha value is -1.54. The van der Waals surface area contributed by atoms with Crippen molar-refractivity contribution in [2.45, 2.75) is 37.6 Å². The van der Waals surface area contributed by atoms with Crippen molar-refractivity contribution in [3.8, 4) is 0 Å². The minimum atomic E-state index is -0.479. The predicted molar refractivity (Wildman–Crippen MR) is 106 cm³/mol. The maximum atomic E-state index is 12.8. The molecule has 0 spiro atoms. The molecule has 2 fully saturated rings. The Morgan fingerprint density at radius 3 is 2.88 bits per heavy atom. The number of hydrogen-bond acceptors (Lipinski definition) is 4. The Labute approximate surface area is 165 Å². The summed E-state index contributed by atoms with van der Waals surface area (Å²) in [6.07, 6.45) is 1.26. The second-order valence-corrected chi connectivity index (χ2v) is 9.38. The highest BCUT2D eigenvalue weighted by Gasteiger charge is 2.53. The summed E-state index contributed by atoms with van der Waals surface area (Å²) in [6.45, 7) is 3.87. The lowest BCUT2D eigenvalue weighted by Crippen LogP contribution is -2.51. The third-order valence-corrected chi connectivity index (χ3v) is 6.95. The summed E-state index contributed by atoms with van der Waals surface area (Å²) in [5.74, 6) is 0.171. The van der Waals surface area contributed by atoms with Crippen LogP contribution in [0.15, 0.2) is 22.7 Å². The van der Waals surface area contributed by atoms with Crippen molar-refractivity contribution in [3.05, 3.63) is 28.2 Å². The topological polar surface area (TPSA) is 69.7 Å². The number of nitrogens with one attached hydrogen (secondary N) is 1. The Morgan fingerprint density at radius 1 is 1.46 bits per heavy atom. The van der Waals surface area contributed by atoms with Gasteiger partial charge in [0.25, 0.3) is 0 Å². The van der Waals surface area contributed by atoms with E-state index >= 15 is 0 Å². The van der Waals surface area contributed by atoms with Crippen LogP contribution in [0.5, 0.6) is 0 Å². The molecule has 0 saturated carbocycles. The van der Waals surface area contributed by atoms with Gasteiger partial charge < -0.3 is 15.1 Å². The van der Waals surface area contributed by atoms with Gasteiger partial charge >= 0.3 is 0 Å². The van der Waals surface area contributed by atoms with Gasteiger partial charge in [0.05, 0.1) is 11.4 Å². The third kappa shape index (κ3) is 3.62. The smallest absolute Gasteiger partial charge is 0.246 e. The van der Waals surface area contributed by atoms with Crippen molar-refractivity contribution in [1.29, 1.82) is 0 Å². The van der Waals surface area contributed by atoms with Crippen LogP contribution >= 0.6 is 27.7 Å². The highest BCUT2D eigenvalue weighted by molar-refractivity contribution is 9.10. The number of aryl methyl sites for hydroxylation is 1. The molecule has 3 amide bonds. The first-order valence-corrected chi connectivity index (χ1v) is 10.3. The molecule has 2 heterocycles. The lowest BCUT2D eigenvalue weighted by Gasteiger charge is -2.31. The van der Waals surface area contributed by atoms with Crippen LogP contribution in [0.1, 0.15) is 25.3 Å². The van der Waals surface area contributed by atoms with E-state index in [1.54, 1.807) is 23.7 Å². The standard InChI is InChI=1S/C18H22BrN3O3S/c1-11-8-12(19)4-5-13(11)20-15(23)9-21(3)17(25)14-10-26-18(2)7-6-16(24)22(14)18/h4-5,8,14H,6-7,9-10H2,1-3H3,(H,20,23)/t14-,18+/m0/s1. The molecule has 1 aromatic rings. The van der Waals surface area contributed by atoms with Gasteiger partial charge in [-0.05, 0) is 44.0 Å². The fourth-order valence-electron chi connectivity index (χ4n) is 3.51. The molecule has 140 valence electrons. The van der Waals surface area contributed by atoms with Crippen LogP contribution in [0.2, 0.25) is 0 Å². The number of fused-ring (bicyclic) bond motifs is 1. The summed E-state index contributed by atoms with van der Waals surface area (Å²) in [4.78, 5) is 40.2. The predicted octanol–water partition coefficient (Wildman–Crippen LogP) is 2.61. The van der Waals surface area contributed by atoms with Crippen molar-refractivity contribution >= 4 is 51.1 Å². The minimum Gasteiger partial charge on any atom is -0.335 e. The first-order valence-electron chi connectivity index (χ1n) is 8.48. The van der Waals surface area contributed by atoms with Crippen molar-refractivity contribution in [2.75, 3.05) is 24.7 Å². The van der Waals surface area contributed by atoms with Crippen LogP contribution in [-0.4, -0.2) is 57.8 Å². The number of benzene rings is 1. The van der Waals surface area contributed by atoms with Gasteiger partial charge in [-0.25, -0.2) is 0 Å². The normalized spacial score (nSPS) is 24.5. The summed E-state index contributed by atoms with van der Waals surface area (Å²) in [5.41, 5.74) is 1.66. The van der Waals surface area contributed by atoms with Crippen LogP contribution in [0.4, 0.5) is 5.69 Å². The first kappa shape index (κ1) is 19.2. The maximum absolute atomic E-state index is 12.8. The summed E-state index contributed by atoms with van der Waals surface area (Å²) in [5, 5.41) is 2.84. The molecule has 0 radical (unpaired) electrons. The number of amides is 3. The molecule has 8 heteroatoms. The van der Waals surface area contributed by atoms with Gasteiger partial charge in [-0.15, -0.1) is 11.8 Å². The van der Waals surface area contributed by atoms with E-state index in [9.17, 15) is 14.4 Å². The molecule has 2 saturated heterocycles. The van der Waals surface area contributed by atoms with Crippen LogP contribution < -0.4 is 5.32 Å². The summed E-state index contributed by atoms with van der Waals surface area (Å²) >= 11 is 5.04. The number of likely N-dealkylation sites (N-methyl/N-ethyl adjacent to an activating group) is 1.